The van der Waals surface area contributed by atoms with Crippen LogP contribution in [0.15, 0.2) is 54.7 Å². The molecule has 1 aliphatic rings. The van der Waals surface area contributed by atoms with Gasteiger partial charge < -0.3 is 4.74 Å². The quantitative estimate of drug-likeness (QED) is 0.420. The SMILES string of the molecule is O=C(CNOC1CCCCCCO1)c1ccc(-c2ccn(Cc3ccccc3)n2)s1. The highest BCUT2D eigenvalue weighted by molar-refractivity contribution is 7.17. The van der Waals surface area contributed by atoms with Crippen LogP contribution in [0.2, 0.25) is 0 Å². The molecule has 158 valence electrons. The third-order valence-corrected chi connectivity index (χ3v) is 6.20. The van der Waals surface area contributed by atoms with E-state index in [0.717, 1.165) is 36.4 Å². The van der Waals surface area contributed by atoms with Crippen molar-refractivity contribution in [3.8, 4) is 10.6 Å². The molecule has 3 aromatic rings. The van der Waals surface area contributed by atoms with Crippen LogP contribution in [0.3, 0.4) is 0 Å². The first kappa shape index (κ1) is 20.9. The first-order valence-electron chi connectivity index (χ1n) is 10.5. The van der Waals surface area contributed by atoms with Crippen molar-refractivity contribution in [3.05, 3.63) is 65.2 Å². The molecule has 2 aromatic heterocycles. The Morgan fingerprint density at radius 1 is 1.13 bits per heavy atom. The minimum absolute atomic E-state index is 0.000752. The molecular formula is C23H27N3O3S. The minimum atomic E-state index is -0.273. The average Bonchev–Trinajstić information content (AvgIpc) is 3.40. The van der Waals surface area contributed by atoms with Crippen molar-refractivity contribution < 1.29 is 14.4 Å². The van der Waals surface area contributed by atoms with Crippen molar-refractivity contribution >= 4 is 17.1 Å². The second-order valence-corrected chi connectivity index (χ2v) is 8.50. The first-order valence-corrected chi connectivity index (χ1v) is 11.3. The molecule has 3 heterocycles. The van der Waals surface area contributed by atoms with Gasteiger partial charge in [-0.05, 0) is 36.6 Å². The van der Waals surface area contributed by atoms with E-state index in [1.807, 2.05) is 47.3 Å². The number of nitrogens with zero attached hydrogens (tertiary/aromatic N) is 2. The normalized spacial score (nSPS) is 17.4. The maximum Gasteiger partial charge on any atom is 0.188 e. The van der Waals surface area contributed by atoms with Crippen LogP contribution in [-0.2, 0) is 16.1 Å². The minimum Gasteiger partial charge on any atom is -0.351 e. The Bertz CT molecular complexity index is 930. The summed E-state index contributed by atoms with van der Waals surface area (Å²) in [6.45, 7) is 1.57. The second-order valence-electron chi connectivity index (χ2n) is 7.41. The number of benzene rings is 1. The summed E-state index contributed by atoms with van der Waals surface area (Å²) in [6.07, 6.45) is 7.13. The number of ether oxygens (including phenoxy) is 1. The lowest BCUT2D eigenvalue weighted by Crippen LogP contribution is -2.31. The molecule has 0 saturated carbocycles. The summed E-state index contributed by atoms with van der Waals surface area (Å²) in [5.41, 5.74) is 4.87. The summed E-state index contributed by atoms with van der Waals surface area (Å²) in [7, 11) is 0. The Kier molecular flexibility index (Phi) is 7.42. The number of ketones is 1. The van der Waals surface area contributed by atoms with Crippen LogP contribution in [0.1, 0.15) is 47.3 Å². The lowest BCUT2D eigenvalue weighted by Gasteiger charge is -2.20. The highest BCUT2D eigenvalue weighted by Gasteiger charge is 2.15. The Balaban J connectivity index is 1.28. The molecule has 1 fully saturated rings. The fourth-order valence-electron chi connectivity index (χ4n) is 3.42. The number of hydrogen-bond donors (Lipinski definition) is 1. The van der Waals surface area contributed by atoms with Crippen molar-refractivity contribution in [2.24, 2.45) is 0 Å². The van der Waals surface area contributed by atoms with Crippen molar-refractivity contribution in [3.63, 3.8) is 0 Å². The number of aromatic nitrogens is 2. The van der Waals surface area contributed by atoms with E-state index in [2.05, 4.69) is 22.7 Å². The van der Waals surface area contributed by atoms with Gasteiger partial charge in [0, 0.05) is 19.2 Å². The van der Waals surface area contributed by atoms with Gasteiger partial charge in [0.05, 0.1) is 22.8 Å². The van der Waals surface area contributed by atoms with Crippen LogP contribution < -0.4 is 5.48 Å². The van der Waals surface area contributed by atoms with Crippen molar-refractivity contribution in [2.45, 2.75) is 44.9 Å². The van der Waals surface area contributed by atoms with Gasteiger partial charge in [-0.3, -0.25) is 14.3 Å². The van der Waals surface area contributed by atoms with Crippen LogP contribution >= 0.6 is 11.3 Å². The molecular weight excluding hydrogens is 398 g/mol. The van der Waals surface area contributed by atoms with Gasteiger partial charge in [-0.1, -0.05) is 43.2 Å². The van der Waals surface area contributed by atoms with E-state index in [1.54, 1.807) is 0 Å². The van der Waals surface area contributed by atoms with Gasteiger partial charge in [-0.2, -0.15) is 10.6 Å². The molecule has 1 N–H and O–H groups in total. The maximum absolute atomic E-state index is 12.5. The summed E-state index contributed by atoms with van der Waals surface area (Å²) in [4.78, 5) is 19.7. The second kappa shape index (κ2) is 10.6. The van der Waals surface area contributed by atoms with Crippen molar-refractivity contribution in [1.29, 1.82) is 0 Å². The Morgan fingerprint density at radius 2 is 2.00 bits per heavy atom. The molecule has 30 heavy (non-hydrogen) atoms. The molecule has 0 amide bonds. The molecule has 0 spiro atoms. The fourth-order valence-corrected chi connectivity index (χ4v) is 4.33. The summed E-state index contributed by atoms with van der Waals surface area (Å²) < 4.78 is 7.59. The average molecular weight is 426 g/mol. The van der Waals surface area contributed by atoms with Gasteiger partial charge in [-0.15, -0.1) is 11.3 Å². The topological polar surface area (TPSA) is 65.4 Å². The maximum atomic E-state index is 12.5. The molecule has 1 unspecified atom stereocenters. The van der Waals surface area contributed by atoms with Gasteiger partial charge in [0.2, 0.25) is 0 Å². The van der Waals surface area contributed by atoms with E-state index >= 15 is 0 Å². The van der Waals surface area contributed by atoms with Crippen LogP contribution in [0.25, 0.3) is 10.6 Å². The van der Waals surface area contributed by atoms with Crippen LogP contribution in [0, 0.1) is 0 Å². The summed E-state index contributed by atoms with van der Waals surface area (Å²) in [6, 6.07) is 16.0. The van der Waals surface area contributed by atoms with Gasteiger partial charge in [0.15, 0.2) is 12.1 Å². The van der Waals surface area contributed by atoms with E-state index in [4.69, 9.17) is 9.57 Å². The third kappa shape index (κ3) is 5.86. The molecule has 1 aliphatic heterocycles. The molecule has 4 rings (SSSR count). The number of thiophene rings is 1. The number of hydrogen-bond acceptors (Lipinski definition) is 6. The van der Waals surface area contributed by atoms with Crippen molar-refractivity contribution in [2.75, 3.05) is 13.2 Å². The van der Waals surface area contributed by atoms with Crippen molar-refractivity contribution in [1.82, 2.24) is 15.3 Å². The number of carbonyl (C=O) groups excluding carboxylic acids is 1. The zero-order valence-electron chi connectivity index (χ0n) is 17.0. The van der Waals surface area contributed by atoms with E-state index in [1.165, 1.54) is 29.7 Å². The first-order chi connectivity index (χ1) is 14.8. The monoisotopic (exact) mass is 425 g/mol. The van der Waals surface area contributed by atoms with Gasteiger partial charge in [-0.25, -0.2) is 0 Å². The van der Waals surface area contributed by atoms with Crippen LogP contribution in [0.5, 0.6) is 0 Å². The summed E-state index contributed by atoms with van der Waals surface area (Å²) in [5.74, 6) is 0.000752. The van der Waals surface area contributed by atoms with E-state index in [0.29, 0.717) is 11.5 Å². The smallest absolute Gasteiger partial charge is 0.188 e. The molecule has 1 saturated heterocycles. The number of hydroxylamine groups is 1. The zero-order chi connectivity index (χ0) is 20.6. The van der Waals surface area contributed by atoms with Crippen LogP contribution in [-0.4, -0.2) is 35.0 Å². The predicted octanol–water partition coefficient (Wildman–Crippen LogP) is 4.67. The lowest BCUT2D eigenvalue weighted by atomic mass is 10.1. The summed E-state index contributed by atoms with van der Waals surface area (Å²) >= 11 is 1.45. The molecule has 0 bridgehead atoms. The number of rotatable bonds is 8. The lowest BCUT2D eigenvalue weighted by molar-refractivity contribution is -0.184. The number of Topliss-reactive ketones (excluding diaryl/α,β-unsaturated/α-hetero) is 1. The molecule has 6 nitrogen and oxygen atoms in total. The third-order valence-electron chi connectivity index (χ3n) is 5.05. The highest BCUT2D eigenvalue weighted by atomic mass is 32.1. The Morgan fingerprint density at radius 3 is 2.90 bits per heavy atom. The summed E-state index contributed by atoms with van der Waals surface area (Å²) in [5, 5.41) is 4.65. The molecule has 0 aliphatic carbocycles. The van der Waals surface area contributed by atoms with Crippen LogP contribution in [0.4, 0.5) is 0 Å². The standard InChI is InChI=1S/C23H27N3O3S/c27-20(16-24-29-23-10-6-1-2-7-15-28-23)22-12-11-21(30-22)19-13-14-26(25-19)17-18-8-4-3-5-9-18/h3-5,8-9,11-14,23-24H,1-2,6-7,10,15-17H2. The van der Waals surface area contributed by atoms with Gasteiger partial charge >= 0.3 is 0 Å². The van der Waals surface area contributed by atoms with E-state index in [-0.39, 0.29) is 18.6 Å². The molecule has 1 aromatic carbocycles. The number of carbonyl (C=O) groups is 1. The molecule has 0 radical (unpaired) electrons. The highest BCUT2D eigenvalue weighted by Crippen LogP contribution is 2.27. The fraction of sp³-hybridized carbons (Fsp3) is 0.391. The van der Waals surface area contributed by atoms with Gasteiger partial charge in [0.25, 0.3) is 0 Å². The van der Waals surface area contributed by atoms with Gasteiger partial charge in [0.1, 0.15) is 5.69 Å². The Hall–Kier alpha value is -2.32. The predicted molar refractivity (Wildman–Crippen MR) is 117 cm³/mol. The zero-order valence-corrected chi connectivity index (χ0v) is 17.8. The molecule has 1 atom stereocenters. The van der Waals surface area contributed by atoms with E-state index in [9.17, 15) is 4.79 Å². The molecule has 7 heteroatoms. The Labute approximate surface area is 180 Å². The van der Waals surface area contributed by atoms with E-state index < -0.39 is 0 Å². The largest absolute Gasteiger partial charge is 0.351 e. The number of nitrogens with one attached hydrogen (secondary N) is 1.